The van der Waals surface area contributed by atoms with Crippen LogP contribution in [0.4, 0.5) is 0 Å². The average Bonchev–Trinajstić information content (AvgIpc) is 3.54. The van der Waals surface area contributed by atoms with Crippen LogP contribution < -0.4 is 5.32 Å². The molecule has 0 aromatic carbocycles. The zero-order chi connectivity index (χ0) is 26.6. The van der Waals surface area contributed by atoms with Gasteiger partial charge in [0, 0.05) is 32.0 Å². The molecule has 4 rings (SSSR count). The summed E-state index contributed by atoms with van der Waals surface area (Å²) in [7, 11) is -2.62. The van der Waals surface area contributed by atoms with Crippen LogP contribution in [0.3, 0.4) is 0 Å². The second-order valence-corrected chi connectivity index (χ2v) is 12.3. The summed E-state index contributed by atoms with van der Waals surface area (Å²) in [5.41, 5.74) is 2.71. The zero-order valence-electron chi connectivity index (χ0n) is 20.6. The summed E-state index contributed by atoms with van der Waals surface area (Å²) in [6.45, 7) is 7.43. The molecule has 0 spiro atoms. The Morgan fingerprint density at radius 3 is 2.86 bits per heavy atom. The summed E-state index contributed by atoms with van der Waals surface area (Å²) in [4.78, 5) is 16.4. The van der Waals surface area contributed by atoms with Gasteiger partial charge in [0.2, 0.25) is 10.0 Å². The van der Waals surface area contributed by atoms with Gasteiger partial charge in [0.25, 0.3) is 0 Å². The molecule has 1 saturated heterocycles. The molecule has 1 aliphatic heterocycles. The predicted molar refractivity (Wildman–Crippen MR) is 146 cm³/mol. The summed E-state index contributed by atoms with van der Waals surface area (Å²) < 4.78 is 35.8. The van der Waals surface area contributed by atoms with Crippen molar-refractivity contribution in [2.45, 2.75) is 31.2 Å². The second-order valence-electron chi connectivity index (χ2n) is 8.62. The third-order valence-corrected chi connectivity index (χ3v) is 9.93. The van der Waals surface area contributed by atoms with Gasteiger partial charge in [0.1, 0.15) is 15.6 Å². The third-order valence-electron chi connectivity index (χ3n) is 6.22. The molecule has 1 fully saturated rings. The van der Waals surface area contributed by atoms with Crippen LogP contribution in [-0.4, -0.2) is 53.7 Å². The molecule has 3 aromatic heterocycles. The van der Waals surface area contributed by atoms with Gasteiger partial charge in [-0.15, -0.1) is 11.3 Å². The number of halogens is 1. The van der Waals surface area contributed by atoms with Crippen molar-refractivity contribution in [2.75, 3.05) is 20.2 Å². The van der Waals surface area contributed by atoms with E-state index in [4.69, 9.17) is 4.74 Å². The standard InChI is InChI=1S/C25H28BrN5O4S2/c1-17(12-23(31-18(2)21(26)15-29-31)28-14-19-6-4-9-27-13-19)20-7-5-10-30(16-20)37(33,34)22-8-11-36-24(22)25(32)35-3/h4,6,8-9,11-13,15,20,28H,1,5,7,10,14,16H2,2-3H3/b23-12-. The summed E-state index contributed by atoms with van der Waals surface area (Å²) in [6.07, 6.45) is 8.65. The number of nitrogens with one attached hydrogen (secondary N) is 1. The van der Waals surface area contributed by atoms with E-state index in [1.165, 1.54) is 17.5 Å². The molecule has 1 atom stereocenters. The number of sulfonamides is 1. The maximum Gasteiger partial charge on any atom is 0.349 e. The van der Waals surface area contributed by atoms with Crippen LogP contribution in [0, 0.1) is 12.8 Å². The number of pyridine rings is 1. The summed E-state index contributed by atoms with van der Waals surface area (Å²) in [5.74, 6) is -0.0272. The molecule has 1 unspecified atom stereocenters. The van der Waals surface area contributed by atoms with E-state index in [0.29, 0.717) is 19.5 Å². The fourth-order valence-electron chi connectivity index (χ4n) is 4.15. The molecule has 1 aliphatic rings. The van der Waals surface area contributed by atoms with E-state index < -0.39 is 16.0 Å². The van der Waals surface area contributed by atoms with Gasteiger partial charge < -0.3 is 10.1 Å². The Morgan fingerprint density at radius 1 is 1.38 bits per heavy atom. The number of thiophene rings is 1. The van der Waals surface area contributed by atoms with Gasteiger partial charge in [-0.3, -0.25) is 4.98 Å². The number of hydrogen-bond acceptors (Lipinski definition) is 8. The Labute approximate surface area is 229 Å². The maximum atomic E-state index is 13.5. The number of hydrogen-bond donors (Lipinski definition) is 1. The highest BCUT2D eigenvalue weighted by atomic mass is 79.9. The van der Waals surface area contributed by atoms with Crippen LogP contribution in [0.25, 0.3) is 5.82 Å². The average molecular weight is 607 g/mol. The van der Waals surface area contributed by atoms with E-state index in [-0.39, 0.29) is 22.2 Å². The van der Waals surface area contributed by atoms with Crippen LogP contribution in [0.15, 0.2) is 69.8 Å². The molecule has 0 radical (unpaired) electrons. The van der Waals surface area contributed by atoms with Crippen molar-refractivity contribution in [1.82, 2.24) is 24.4 Å². The van der Waals surface area contributed by atoms with Gasteiger partial charge in [-0.2, -0.15) is 9.40 Å². The van der Waals surface area contributed by atoms with Crippen LogP contribution in [0.2, 0.25) is 0 Å². The first-order valence-electron chi connectivity index (χ1n) is 11.6. The lowest BCUT2D eigenvalue weighted by atomic mass is 9.92. The smallest absolute Gasteiger partial charge is 0.349 e. The van der Waals surface area contributed by atoms with Crippen molar-refractivity contribution in [1.29, 1.82) is 0 Å². The monoisotopic (exact) mass is 605 g/mol. The van der Waals surface area contributed by atoms with Crippen LogP contribution in [-0.2, 0) is 21.3 Å². The molecule has 37 heavy (non-hydrogen) atoms. The Balaban J connectivity index is 1.57. The van der Waals surface area contributed by atoms with Gasteiger partial charge in [0.15, 0.2) is 0 Å². The first kappa shape index (κ1) is 27.2. The number of piperidine rings is 1. The highest BCUT2D eigenvalue weighted by Crippen LogP contribution is 2.32. The highest BCUT2D eigenvalue weighted by Gasteiger charge is 2.34. The molecule has 0 amide bonds. The van der Waals surface area contributed by atoms with Crippen molar-refractivity contribution >= 4 is 49.1 Å². The van der Waals surface area contributed by atoms with Crippen molar-refractivity contribution in [2.24, 2.45) is 5.92 Å². The van der Waals surface area contributed by atoms with Crippen LogP contribution in [0.5, 0.6) is 0 Å². The molecular weight excluding hydrogens is 578 g/mol. The quantitative estimate of drug-likeness (QED) is 0.284. The number of ether oxygens (including phenoxy) is 1. The number of carbonyl (C=O) groups excluding carboxylic acids is 1. The van der Waals surface area contributed by atoms with E-state index in [1.54, 1.807) is 28.7 Å². The van der Waals surface area contributed by atoms with Gasteiger partial charge in [-0.05, 0) is 76.3 Å². The van der Waals surface area contributed by atoms with Gasteiger partial charge in [0.05, 0.1) is 23.5 Å². The molecule has 0 bridgehead atoms. The van der Waals surface area contributed by atoms with Crippen molar-refractivity contribution < 1.29 is 17.9 Å². The van der Waals surface area contributed by atoms with Gasteiger partial charge >= 0.3 is 5.97 Å². The highest BCUT2D eigenvalue weighted by molar-refractivity contribution is 9.10. The SMILES string of the molecule is C=C(/C=C(/NCc1cccnc1)n1ncc(Br)c1C)C1CCCN(S(=O)(=O)c2ccsc2C(=O)OC)C1. The number of carbonyl (C=O) groups is 1. The first-order chi connectivity index (χ1) is 17.7. The van der Waals surface area contributed by atoms with Crippen molar-refractivity contribution in [3.63, 3.8) is 0 Å². The number of allylic oxidation sites excluding steroid dienone is 1. The summed E-state index contributed by atoms with van der Waals surface area (Å²) in [6, 6.07) is 5.32. The maximum absolute atomic E-state index is 13.5. The number of methoxy groups -OCH3 is 1. The van der Waals surface area contributed by atoms with Gasteiger partial charge in [-0.25, -0.2) is 17.9 Å². The fourth-order valence-corrected chi connectivity index (χ4v) is 7.24. The van der Waals surface area contributed by atoms with Gasteiger partial charge in [-0.1, -0.05) is 12.6 Å². The third kappa shape index (κ3) is 6.03. The van der Waals surface area contributed by atoms with E-state index >= 15 is 0 Å². The largest absolute Gasteiger partial charge is 0.465 e. The molecule has 12 heteroatoms. The minimum Gasteiger partial charge on any atom is -0.465 e. The molecule has 0 saturated carbocycles. The molecule has 1 N–H and O–H groups in total. The van der Waals surface area contributed by atoms with E-state index in [1.807, 2.05) is 25.1 Å². The summed E-state index contributed by atoms with van der Waals surface area (Å²) in [5, 5.41) is 9.50. The number of rotatable bonds is 9. The lowest BCUT2D eigenvalue weighted by Gasteiger charge is -2.32. The Bertz CT molecular complexity index is 1420. The number of esters is 1. The normalized spacial score (nSPS) is 16.9. The second kappa shape index (κ2) is 11.7. The van der Waals surface area contributed by atoms with E-state index in [0.717, 1.165) is 44.9 Å². The number of aromatic nitrogens is 3. The minimum atomic E-state index is -3.87. The van der Waals surface area contributed by atoms with Crippen molar-refractivity contribution in [3.05, 3.63) is 81.0 Å². The molecule has 3 aromatic rings. The van der Waals surface area contributed by atoms with E-state index in [2.05, 4.69) is 37.9 Å². The lowest BCUT2D eigenvalue weighted by Crippen LogP contribution is -2.40. The minimum absolute atomic E-state index is 0.0120. The zero-order valence-corrected chi connectivity index (χ0v) is 23.8. The van der Waals surface area contributed by atoms with E-state index in [9.17, 15) is 13.2 Å². The van der Waals surface area contributed by atoms with Crippen LogP contribution in [0.1, 0.15) is 33.8 Å². The van der Waals surface area contributed by atoms with Crippen LogP contribution >= 0.6 is 27.3 Å². The fraction of sp³-hybridized carbons (Fsp3) is 0.320. The lowest BCUT2D eigenvalue weighted by molar-refractivity contribution is 0.0602. The Hall–Kier alpha value is -2.80. The predicted octanol–water partition coefficient (Wildman–Crippen LogP) is 4.44. The molecule has 0 aliphatic carbocycles. The molecule has 196 valence electrons. The molecular formula is C25H28BrN5O4S2. The first-order valence-corrected chi connectivity index (χ1v) is 14.7. The Morgan fingerprint density at radius 2 is 2.19 bits per heavy atom. The van der Waals surface area contributed by atoms with Crippen molar-refractivity contribution in [3.8, 4) is 0 Å². The Kier molecular flexibility index (Phi) is 8.63. The molecule has 4 heterocycles. The topological polar surface area (TPSA) is 106 Å². The number of nitrogens with zero attached hydrogens (tertiary/aromatic N) is 4. The summed E-state index contributed by atoms with van der Waals surface area (Å²) >= 11 is 4.58. The molecule has 9 nitrogen and oxygen atoms in total.